The lowest BCUT2D eigenvalue weighted by atomic mass is 9.76. The van der Waals surface area contributed by atoms with E-state index in [9.17, 15) is 9.90 Å². The van der Waals surface area contributed by atoms with E-state index >= 15 is 0 Å². The van der Waals surface area contributed by atoms with Crippen LogP contribution in [0.25, 0.3) is 0 Å². The Hall–Kier alpha value is -1.55. The Balaban J connectivity index is 2.28. The Labute approximate surface area is 107 Å². The lowest BCUT2D eigenvalue weighted by molar-refractivity contribution is -0.140. The van der Waals surface area contributed by atoms with Crippen molar-refractivity contribution in [2.24, 2.45) is 5.41 Å². The number of methoxy groups -OCH3 is 1. The number of aliphatic hydroxyl groups excluding tert-OH is 1. The molecule has 4 heteroatoms. The van der Waals surface area contributed by atoms with Crippen molar-refractivity contribution in [3.8, 4) is 5.75 Å². The quantitative estimate of drug-likeness (QED) is 0.813. The van der Waals surface area contributed by atoms with Crippen LogP contribution < -0.4 is 9.64 Å². The van der Waals surface area contributed by atoms with Crippen molar-refractivity contribution in [1.29, 1.82) is 0 Å². The monoisotopic (exact) mass is 249 g/mol. The van der Waals surface area contributed by atoms with Crippen molar-refractivity contribution < 1.29 is 14.6 Å². The predicted octanol–water partition coefficient (Wildman–Crippen LogP) is 1.82. The molecule has 0 radical (unpaired) electrons. The van der Waals surface area contributed by atoms with E-state index in [2.05, 4.69) is 0 Å². The van der Waals surface area contributed by atoms with Crippen molar-refractivity contribution in [3.63, 3.8) is 0 Å². The highest BCUT2D eigenvalue weighted by molar-refractivity contribution is 6.04. The largest absolute Gasteiger partial charge is 0.497 e. The molecule has 1 aliphatic rings. The molecule has 2 rings (SSSR count). The van der Waals surface area contributed by atoms with Crippen molar-refractivity contribution in [2.75, 3.05) is 12.0 Å². The maximum Gasteiger partial charge on any atom is 0.258 e. The van der Waals surface area contributed by atoms with Gasteiger partial charge in [-0.2, -0.15) is 0 Å². The maximum atomic E-state index is 11.8. The van der Waals surface area contributed by atoms with Gasteiger partial charge in [-0.3, -0.25) is 4.79 Å². The van der Waals surface area contributed by atoms with Crippen LogP contribution in [-0.2, 0) is 4.79 Å². The molecule has 1 aromatic carbocycles. The molecule has 1 fully saturated rings. The molecule has 98 valence electrons. The second-order valence-corrected chi connectivity index (χ2v) is 5.66. The highest BCUT2D eigenvalue weighted by Gasteiger charge is 2.52. The van der Waals surface area contributed by atoms with E-state index in [1.807, 2.05) is 45.0 Å². The first kappa shape index (κ1) is 12.9. The van der Waals surface area contributed by atoms with Crippen LogP contribution in [0.1, 0.15) is 20.8 Å². The van der Waals surface area contributed by atoms with Crippen LogP contribution in [0.3, 0.4) is 0 Å². The van der Waals surface area contributed by atoms with Crippen LogP contribution in [0, 0.1) is 5.41 Å². The number of carbonyl (C=O) groups excluding carboxylic acids is 1. The maximum absolute atomic E-state index is 11.8. The third-order valence-electron chi connectivity index (χ3n) is 3.31. The Kier molecular flexibility index (Phi) is 3.07. The summed E-state index contributed by atoms with van der Waals surface area (Å²) >= 11 is 0. The van der Waals surface area contributed by atoms with Gasteiger partial charge in [-0.05, 0) is 29.7 Å². The second kappa shape index (κ2) is 4.28. The predicted molar refractivity (Wildman–Crippen MR) is 69.7 cm³/mol. The van der Waals surface area contributed by atoms with Gasteiger partial charge < -0.3 is 14.7 Å². The summed E-state index contributed by atoms with van der Waals surface area (Å²) in [5.41, 5.74) is 0.638. The zero-order valence-corrected chi connectivity index (χ0v) is 11.2. The molecule has 1 saturated heterocycles. The number of anilines is 1. The molecule has 2 atom stereocenters. The van der Waals surface area contributed by atoms with Gasteiger partial charge in [-0.25, -0.2) is 0 Å². The van der Waals surface area contributed by atoms with Gasteiger partial charge in [0, 0.05) is 5.69 Å². The average Bonchev–Trinajstić information content (AvgIpc) is 2.33. The van der Waals surface area contributed by atoms with Crippen molar-refractivity contribution in [1.82, 2.24) is 0 Å². The first-order valence-electron chi connectivity index (χ1n) is 6.01. The third kappa shape index (κ3) is 1.97. The van der Waals surface area contributed by atoms with E-state index in [4.69, 9.17) is 4.74 Å². The first-order chi connectivity index (χ1) is 8.36. The summed E-state index contributed by atoms with van der Waals surface area (Å²) in [5, 5.41) is 9.83. The summed E-state index contributed by atoms with van der Waals surface area (Å²) in [4.78, 5) is 13.5. The minimum atomic E-state index is -0.896. The lowest BCUT2D eigenvalue weighted by Gasteiger charge is -2.50. The average molecular weight is 249 g/mol. The Bertz CT molecular complexity index is 447. The normalized spacial score (nSPS) is 23.8. The van der Waals surface area contributed by atoms with Crippen LogP contribution in [0.15, 0.2) is 24.3 Å². The number of rotatable bonds is 2. The molecule has 0 saturated carbocycles. The fourth-order valence-corrected chi connectivity index (χ4v) is 2.37. The van der Waals surface area contributed by atoms with Gasteiger partial charge >= 0.3 is 0 Å². The third-order valence-corrected chi connectivity index (χ3v) is 3.31. The van der Waals surface area contributed by atoms with E-state index in [0.717, 1.165) is 11.4 Å². The number of nitrogens with zero attached hydrogens (tertiary/aromatic N) is 1. The SMILES string of the molecule is COc1ccc(N2C(=O)[C@H](O)[C@H]2C(C)(C)C)cc1. The fourth-order valence-electron chi connectivity index (χ4n) is 2.37. The number of ether oxygens (including phenoxy) is 1. The van der Waals surface area contributed by atoms with Crippen molar-refractivity contribution >= 4 is 11.6 Å². The summed E-state index contributed by atoms with van der Waals surface area (Å²) in [6.45, 7) is 6.05. The highest BCUT2D eigenvalue weighted by Crippen LogP contribution is 2.38. The number of hydrogen-bond donors (Lipinski definition) is 1. The van der Waals surface area contributed by atoms with Crippen LogP contribution in [-0.4, -0.2) is 30.3 Å². The van der Waals surface area contributed by atoms with Gasteiger partial charge in [-0.1, -0.05) is 20.8 Å². The smallest absolute Gasteiger partial charge is 0.258 e. The standard InChI is InChI=1S/C14H19NO3/c1-14(2,3)12-11(16)13(17)15(12)9-5-7-10(18-4)8-6-9/h5-8,11-12,16H,1-4H3/t11-,12+/m1/s1. The summed E-state index contributed by atoms with van der Waals surface area (Å²) in [7, 11) is 1.60. The molecule has 4 nitrogen and oxygen atoms in total. The Morgan fingerprint density at radius 3 is 2.22 bits per heavy atom. The molecule has 0 aromatic heterocycles. The summed E-state index contributed by atoms with van der Waals surface area (Å²) in [6, 6.07) is 7.11. The highest BCUT2D eigenvalue weighted by atomic mass is 16.5. The topological polar surface area (TPSA) is 49.8 Å². The molecule has 18 heavy (non-hydrogen) atoms. The van der Waals surface area contributed by atoms with Crippen LogP contribution in [0.5, 0.6) is 5.75 Å². The zero-order valence-electron chi connectivity index (χ0n) is 11.2. The molecule has 1 aliphatic heterocycles. The molecule has 1 heterocycles. The Morgan fingerprint density at radius 2 is 1.78 bits per heavy atom. The molecular formula is C14H19NO3. The summed E-state index contributed by atoms with van der Waals surface area (Å²) in [6.07, 6.45) is -0.896. The fraction of sp³-hybridized carbons (Fsp3) is 0.500. The molecule has 0 bridgehead atoms. The second-order valence-electron chi connectivity index (χ2n) is 5.66. The van der Waals surface area contributed by atoms with Crippen LogP contribution >= 0.6 is 0 Å². The number of β-lactam (4-membered cyclic amide) rings is 1. The van der Waals surface area contributed by atoms with Gasteiger partial charge in [0.2, 0.25) is 0 Å². The molecule has 0 unspecified atom stereocenters. The first-order valence-corrected chi connectivity index (χ1v) is 6.01. The summed E-state index contributed by atoms with van der Waals surface area (Å²) in [5.74, 6) is 0.514. The van der Waals surface area contributed by atoms with E-state index in [0.29, 0.717) is 0 Å². The Morgan fingerprint density at radius 1 is 1.22 bits per heavy atom. The van der Waals surface area contributed by atoms with Crippen LogP contribution in [0.2, 0.25) is 0 Å². The molecule has 1 N–H and O–H groups in total. The van der Waals surface area contributed by atoms with E-state index in [1.165, 1.54) is 0 Å². The van der Waals surface area contributed by atoms with Gasteiger partial charge in [0.25, 0.3) is 5.91 Å². The van der Waals surface area contributed by atoms with Crippen molar-refractivity contribution in [2.45, 2.75) is 32.9 Å². The van der Waals surface area contributed by atoms with E-state index < -0.39 is 6.10 Å². The van der Waals surface area contributed by atoms with E-state index in [-0.39, 0.29) is 17.4 Å². The molecule has 0 aliphatic carbocycles. The van der Waals surface area contributed by atoms with Crippen molar-refractivity contribution in [3.05, 3.63) is 24.3 Å². The molecular weight excluding hydrogens is 230 g/mol. The van der Waals surface area contributed by atoms with Gasteiger partial charge in [-0.15, -0.1) is 0 Å². The zero-order chi connectivity index (χ0) is 13.5. The molecule has 1 amide bonds. The molecule has 0 spiro atoms. The number of hydrogen-bond acceptors (Lipinski definition) is 3. The number of benzene rings is 1. The number of amides is 1. The van der Waals surface area contributed by atoms with Gasteiger partial charge in [0.1, 0.15) is 5.75 Å². The number of aliphatic hydroxyl groups is 1. The van der Waals surface area contributed by atoms with Gasteiger partial charge in [0.05, 0.1) is 13.2 Å². The summed E-state index contributed by atoms with van der Waals surface area (Å²) < 4.78 is 5.09. The minimum Gasteiger partial charge on any atom is -0.497 e. The van der Waals surface area contributed by atoms with Gasteiger partial charge in [0.15, 0.2) is 6.10 Å². The molecule has 1 aromatic rings. The van der Waals surface area contributed by atoms with Crippen LogP contribution in [0.4, 0.5) is 5.69 Å². The minimum absolute atomic E-state index is 0.159. The lowest BCUT2D eigenvalue weighted by Crippen LogP contribution is -2.69. The van der Waals surface area contributed by atoms with E-state index in [1.54, 1.807) is 12.0 Å². The number of carbonyl (C=O) groups is 1.